The summed E-state index contributed by atoms with van der Waals surface area (Å²) in [7, 11) is 0. The van der Waals surface area contributed by atoms with E-state index in [4.69, 9.17) is 10.8 Å². The second-order valence-electron chi connectivity index (χ2n) is 4.05. The lowest BCUT2D eigenvalue weighted by atomic mass is 9.92. The van der Waals surface area contributed by atoms with Crippen molar-refractivity contribution in [3.05, 3.63) is 18.0 Å². The quantitative estimate of drug-likeness (QED) is 0.748. The van der Waals surface area contributed by atoms with Crippen LogP contribution in [0.1, 0.15) is 25.0 Å². The van der Waals surface area contributed by atoms with Crippen LogP contribution in [-0.2, 0) is 6.54 Å². The number of aromatic nitrogens is 2. The van der Waals surface area contributed by atoms with E-state index in [1.165, 1.54) is 6.42 Å². The van der Waals surface area contributed by atoms with E-state index in [0.717, 1.165) is 18.5 Å². The SMILES string of the molecule is NCc1ccnc(N(CCO)C2CCC2)n1. The van der Waals surface area contributed by atoms with Crippen LogP contribution in [0, 0.1) is 0 Å². The Morgan fingerprint density at radius 1 is 1.50 bits per heavy atom. The number of nitrogens with two attached hydrogens (primary N) is 1. The van der Waals surface area contributed by atoms with Gasteiger partial charge in [-0.15, -0.1) is 0 Å². The van der Waals surface area contributed by atoms with Crippen molar-refractivity contribution in [2.75, 3.05) is 18.1 Å². The Bertz CT molecular complexity index is 341. The van der Waals surface area contributed by atoms with Gasteiger partial charge in [0.1, 0.15) is 0 Å². The van der Waals surface area contributed by atoms with Gasteiger partial charge >= 0.3 is 0 Å². The van der Waals surface area contributed by atoms with Crippen LogP contribution in [0.15, 0.2) is 12.3 Å². The standard InChI is InChI=1S/C11H18N4O/c12-8-9-4-5-13-11(14-9)15(6-7-16)10-2-1-3-10/h4-5,10,16H,1-3,6-8,12H2. The Kier molecular flexibility index (Phi) is 3.69. The molecule has 0 amide bonds. The molecule has 16 heavy (non-hydrogen) atoms. The van der Waals surface area contributed by atoms with Crippen molar-refractivity contribution < 1.29 is 5.11 Å². The predicted octanol–water partition coefficient (Wildman–Crippen LogP) is 0.286. The maximum atomic E-state index is 9.07. The Balaban J connectivity index is 2.16. The topological polar surface area (TPSA) is 75.3 Å². The second kappa shape index (κ2) is 5.23. The van der Waals surface area contributed by atoms with Crippen LogP contribution >= 0.6 is 0 Å². The Hall–Kier alpha value is -1.20. The molecular formula is C11H18N4O. The van der Waals surface area contributed by atoms with Gasteiger partial charge in [-0.2, -0.15) is 0 Å². The molecule has 1 heterocycles. The van der Waals surface area contributed by atoms with Gasteiger partial charge in [0, 0.05) is 25.3 Å². The highest BCUT2D eigenvalue weighted by atomic mass is 16.3. The number of aliphatic hydroxyl groups excluding tert-OH is 1. The van der Waals surface area contributed by atoms with Crippen molar-refractivity contribution in [3.63, 3.8) is 0 Å². The highest BCUT2D eigenvalue weighted by molar-refractivity contribution is 5.33. The zero-order chi connectivity index (χ0) is 11.4. The van der Waals surface area contributed by atoms with Gasteiger partial charge in [-0.25, -0.2) is 9.97 Å². The first-order chi connectivity index (χ1) is 7.85. The maximum absolute atomic E-state index is 9.07. The molecule has 1 aliphatic carbocycles. The third kappa shape index (κ3) is 2.31. The number of anilines is 1. The predicted molar refractivity (Wildman–Crippen MR) is 62.0 cm³/mol. The van der Waals surface area contributed by atoms with Crippen LogP contribution < -0.4 is 10.6 Å². The van der Waals surface area contributed by atoms with Crippen LogP contribution in [0.4, 0.5) is 5.95 Å². The lowest BCUT2D eigenvalue weighted by Crippen LogP contribution is -2.43. The van der Waals surface area contributed by atoms with Crippen LogP contribution in [-0.4, -0.2) is 34.3 Å². The first-order valence-electron chi connectivity index (χ1n) is 5.74. The Labute approximate surface area is 95.3 Å². The van der Waals surface area contributed by atoms with Crippen molar-refractivity contribution >= 4 is 5.95 Å². The molecule has 0 atom stereocenters. The monoisotopic (exact) mass is 222 g/mol. The molecule has 0 aromatic carbocycles. The lowest BCUT2D eigenvalue weighted by molar-refractivity contribution is 0.282. The van der Waals surface area contributed by atoms with Gasteiger partial charge in [-0.05, 0) is 25.3 Å². The third-order valence-corrected chi connectivity index (χ3v) is 3.02. The third-order valence-electron chi connectivity index (χ3n) is 3.02. The fourth-order valence-corrected chi connectivity index (χ4v) is 1.89. The van der Waals surface area contributed by atoms with Crippen molar-refractivity contribution in [3.8, 4) is 0 Å². The fourth-order valence-electron chi connectivity index (χ4n) is 1.89. The zero-order valence-electron chi connectivity index (χ0n) is 9.34. The summed E-state index contributed by atoms with van der Waals surface area (Å²) in [6.07, 6.45) is 5.31. The molecule has 1 aromatic rings. The molecule has 5 nitrogen and oxygen atoms in total. The Morgan fingerprint density at radius 3 is 2.88 bits per heavy atom. The average Bonchev–Trinajstić information content (AvgIpc) is 2.26. The van der Waals surface area contributed by atoms with Crippen molar-refractivity contribution in [1.82, 2.24) is 9.97 Å². The number of aliphatic hydroxyl groups is 1. The van der Waals surface area contributed by atoms with Crippen molar-refractivity contribution in [2.45, 2.75) is 31.8 Å². The van der Waals surface area contributed by atoms with E-state index in [-0.39, 0.29) is 6.61 Å². The van der Waals surface area contributed by atoms with Gasteiger partial charge in [0.05, 0.1) is 12.3 Å². The molecular weight excluding hydrogens is 204 g/mol. The number of hydrogen-bond donors (Lipinski definition) is 2. The molecule has 1 fully saturated rings. The van der Waals surface area contributed by atoms with Crippen molar-refractivity contribution in [2.24, 2.45) is 5.73 Å². The van der Waals surface area contributed by atoms with Gasteiger partial charge < -0.3 is 15.7 Å². The van der Waals surface area contributed by atoms with Gasteiger partial charge in [-0.1, -0.05) is 0 Å². The van der Waals surface area contributed by atoms with Gasteiger partial charge in [0.15, 0.2) is 0 Å². The molecule has 3 N–H and O–H groups in total. The summed E-state index contributed by atoms with van der Waals surface area (Å²) >= 11 is 0. The molecule has 2 rings (SSSR count). The fraction of sp³-hybridized carbons (Fsp3) is 0.636. The van der Waals surface area contributed by atoms with Gasteiger partial charge in [-0.3, -0.25) is 0 Å². The number of hydrogen-bond acceptors (Lipinski definition) is 5. The minimum Gasteiger partial charge on any atom is -0.395 e. The molecule has 0 bridgehead atoms. The van der Waals surface area contributed by atoms with Gasteiger partial charge in [0.2, 0.25) is 5.95 Å². The summed E-state index contributed by atoms with van der Waals surface area (Å²) in [5.41, 5.74) is 6.40. The molecule has 0 radical (unpaired) electrons. The number of nitrogens with zero attached hydrogens (tertiary/aromatic N) is 3. The summed E-state index contributed by atoms with van der Waals surface area (Å²) in [4.78, 5) is 10.7. The molecule has 0 spiro atoms. The van der Waals surface area contributed by atoms with Crippen molar-refractivity contribution in [1.29, 1.82) is 0 Å². The van der Waals surface area contributed by atoms with Crippen LogP contribution in [0.3, 0.4) is 0 Å². The molecule has 1 aromatic heterocycles. The van der Waals surface area contributed by atoms with E-state index in [0.29, 0.717) is 25.1 Å². The summed E-state index contributed by atoms with van der Waals surface area (Å²) in [5, 5.41) is 9.07. The minimum atomic E-state index is 0.132. The molecule has 0 unspecified atom stereocenters. The smallest absolute Gasteiger partial charge is 0.225 e. The summed E-state index contributed by atoms with van der Waals surface area (Å²) in [5.74, 6) is 0.696. The number of rotatable bonds is 5. The second-order valence-corrected chi connectivity index (χ2v) is 4.05. The first-order valence-corrected chi connectivity index (χ1v) is 5.74. The van der Waals surface area contributed by atoms with E-state index < -0.39 is 0 Å². The summed E-state index contributed by atoms with van der Waals surface area (Å²) in [6.45, 7) is 1.15. The van der Waals surface area contributed by atoms with E-state index in [9.17, 15) is 0 Å². The largest absolute Gasteiger partial charge is 0.395 e. The average molecular weight is 222 g/mol. The van der Waals surface area contributed by atoms with Crippen LogP contribution in [0.5, 0.6) is 0 Å². The van der Waals surface area contributed by atoms with E-state index in [1.807, 2.05) is 6.07 Å². The molecule has 88 valence electrons. The molecule has 5 heteroatoms. The highest BCUT2D eigenvalue weighted by Crippen LogP contribution is 2.27. The minimum absolute atomic E-state index is 0.132. The van der Waals surface area contributed by atoms with E-state index >= 15 is 0 Å². The summed E-state index contributed by atoms with van der Waals surface area (Å²) < 4.78 is 0. The van der Waals surface area contributed by atoms with Crippen LogP contribution in [0.2, 0.25) is 0 Å². The normalized spacial score (nSPS) is 15.9. The molecule has 0 saturated heterocycles. The molecule has 0 aliphatic heterocycles. The highest BCUT2D eigenvalue weighted by Gasteiger charge is 2.26. The zero-order valence-corrected chi connectivity index (χ0v) is 9.34. The molecule has 1 saturated carbocycles. The lowest BCUT2D eigenvalue weighted by Gasteiger charge is -2.37. The summed E-state index contributed by atoms with van der Waals surface area (Å²) in [6, 6.07) is 2.31. The van der Waals surface area contributed by atoms with E-state index in [1.54, 1.807) is 6.20 Å². The van der Waals surface area contributed by atoms with E-state index in [2.05, 4.69) is 14.9 Å². The molecule has 1 aliphatic rings. The first kappa shape index (κ1) is 11.3. The Morgan fingerprint density at radius 2 is 2.31 bits per heavy atom. The van der Waals surface area contributed by atoms with Gasteiger partial charge in [0.25, 0.3) is 0 Å². The maximum Gasteiger partial charge on any atom is 0.225 e. The van der Waals surface area contributed by atoms with Crippen LogP contribution in [0.25, 0.3) is 0 Å².